The van der Waals surface area contributed by atoms with E-state index < -0.39 is 0 Å². The van der Waals surface area contributed by atoms with Gasteiger partial charge in [-0.15, -0.1) is 0 Å². The number of nitrogen functional groups attached to an aromatic ring is 1. The number of hydrogen-bond acceptors (Lipinski definition) is 3. The summed E-state index contributed by atoms with van der Waals surface area (Å²) in [6, 6.07) is 20.1. The van der Waals surface area contributed by atoms with E-state index in [4.69, 9.17) is 10.5 Å². The fourth-order valence-corrected chi connectivity index (χ4v) is 3.80. The molecule has 3 heteroatoms. The van der Waals surface area contributed by atoms with Crippen molar-refractivity contribution < 1.29 is 9.84 Å². The van der Waals surface area contributed by atoms with Crippen LogP contribution in [-0.2, 0) is 0 Å². The average Bonchev–Trinajstić information content (AvgIpc) is 2.64. The van der Waals surface area contributed by atoms with Gasteiger partial charge in [0.2, 0.25) is 0 Å². The number of phenolic OH excluding ortho intramolecular Hbond substituents is 1. The van der Waals surface area contributed by atoms with Gasteiger partial charge in [0.15, 0.2) is 0 Å². The molecule has 0 radical (unpaired) electrons. The Balaban J connectivity index is 1.86. The van der Waals surface area contributed by atoms with Gasteiger partial charge in [0.1, 0.15) is 11.5 Å². The molecular formula is C23H23NO2. The van der Waals surface area contributed by atoms with Crippen molar-refractivity contribution >= 4 is 5.69 Å². The predicted molar refractivity (Wildman–Crippen MR) is 105 cm³/mol. The summed E-state index contributed by atoms with van der Waals surface area (Å²) in [5.41, 5.74) is 12.8. The van der Waals surface area contributed by atoms with Crippen LogP contribution in [-0.4, -0.2) is 11.7 Å². The zero-order chi connectivity index (χ0) is 18.3. The molecule has 0 bridgehead atoms. The summed E-state index contributed by atoms with van der Waals surface area (Å²) in [5, 5.41) is 9.83. The molecule has 0 unspecified atom stereocenters. The molecule has 0 saturated heterocycles. The highest BCUT2D eigenvalue weighted by molar-refractivity contribution is 5.52. The maximum atomic E-state index is 9.83. The third-order valence-electron chi connectivity index (χ3n) is 5.41. The molecule has 0 saturated carbocycles. The number of rotatable bonds is 2. The number of nitrogens with two attached hydrogens (primary N) is 1. The van der Waals surface area contributed by atoms with E-state index >= 15 is 0 Å². The minimum Gasteiger partial charge on any atom is -0.508 e. The minimum atomic E-state index is 0.155. The van der Waals surface area contributed by atoms with Gasteiger partial charge in [0.25, 0.3) is 0 Å². The molecule has 3 nitrogen and oxygen atoms in total. The summed E-state index contributed by atoms with van der Waals surface area (Å²) in [4.78, 5) is 0. The van der Waals surface area contributed by atoms with Gasteiger partial charge in [-0.2, -0.15) is 0 Å². The maximum absolute atomic E-state index is 9.83. The fourth-order valence-electron chi connectivity index (χ4n) is 3.80. The molecule has 0 aromatic heterocycles. The van der Waals surface area contributed by atoms with Crippen molar-refractivity contribution in [2.24, 2.45) is 0 Å². The summed E-state index contributed by atoms with van der Waals surface area (Å²) in [7, 11) is 0. The number of anilines is 1. The van der Waals surface area contributed by atoms with Crippen LogP contribution in [0.2, 0.25) is 0 Å². The number of aryl methyl sites for hydroxylation is 2. The zero-order valence-electron chi connectivity index (χ0n) is 15.1. The van der Waals surface area contributed by atoms with Crippen molar-refractivity contribution in [3.63, 3.8) is 0 Å². The van der Waals surface area contributed by atoms with Crippen LogP contribution in [0, 0.1) is 13.8 Å². The lowest BCUT2D eigenvalue weighted by Gasteiger charge is -2.35. The van der Waals surface area contributed by atoms with E-state index in [2.05, 4.69) is 44.2 Å². The molecule has 2 atom stereocenters. The molecule has 1 aliphatic rings. The van der Waals surface area contributed by atoms with E-state index in [0.29, 0.717) is 6.61 Å². The number of hydrogen-bond donors (Lipinski definition) is 2. The van der Waals surface area contributed by atoms with E-state index in [1.54, 1.807) is 12.1 Å². The van der Waals surface area contributed by atoms with Crippen LogP contribution in [0.1, 0.15) is 39.7 Å². The van der Waals surface area contributed by atoms with E-state index in [1.165, 1.54) is 22.3 Å². The smallest absolute Gasteiger partial charge is 0.126 e. The molecule has 4 rings (SSSR count). The molecule has 0 aliphatic carbocycles. The van der Waals surface area contributed by atoms with Gasteiger partial charge in [-0.25, -0.2) is 0 Å². The van der Waals surface area contributed by atoms with Gasteiger partial charge in [0.05, 0.1) is 6.61 Å². The highest BCUT2D eigenvalue weighted by atomic mass is 16.5. The second-order valence-corrected chi connectivity index (χ2v) is 7.13. The number of aromatic hydroxyl groups is 1. The molecular weight excluding hydrogens is 322 g/mol. The first-order chi connectivity index (χ1) is 12.5. The Hall–Kier alpha value is -2.94. The third kappa shape index (κ3) is 2.90. The first kappa shape index (κ1) is 16.5. The molecule has 0 spiro atoms. The van der Waals surface area contributed by atoms with Crippen molar-refractivity contribution in [2.45, 2.75) is 25.7 Å². The Morgan fingerprint density at radius 2 is 1.62 bits per heavy atom. The van der Waals surface area contributed by atoms with Crippen molar-refractivity contribution in [3.05, 3.63) is 88.5 Å². The second kappa shape index (κ2) is 6.41. The Morgan fingerprint density at radius 1 is 0.885 bits per heavy atom. The van der Waals surface area contributed by atoms with Crippen molar-refractivity contribution in [1.29, 1.82) is 0 Å². The van der Waals surface area contributed by atoms with Crippen molar-refractivity contribution in [3.8, 4) is 11.5 Å². The molecule has 0 amide bonds. The van der Waals surface area contributed by atoms with E-state index in [9.17, 15) is 5.11 Å². The first-order valence-electron chi connectivity index (χ1n) is 8.91. The topological polar surface area (TPSA) is 55.5 Å². The quantitative estimate of drug-likeness (QED) is 0.650. The molecule has 132 valence electrons. The van der Waals surface area contributed by atoms with Gasteiger partial charge in [-0.05, 0) is 54.3 Å². The zero-order valence-corrected chi connectivity index (χ0v) is 15.1. The normalized spacial score (nSPS) is 18.8. The molecule has 0 fully saturated rings. The Morgan fingerprint density at radius 3 is 2.35 bits per heavy atom. The Labute approximate surface area is 154 Å². The van der Waals surface area contributed by atoms with E-state index in [0.717, 1.165) is 17.0 Å². The SMILES string of the molecule is Cc1ccc([C@@H]2COc3cc(O)ccc3[C@@H]2c2ccc(N)cc2)cc1C. The Kier molecular flexibility index (Phi) is 4.08. The summed E-state index contributed by atoms with van der Waals surface area (Å²) < 4.78 is 6.03. The van der Waals surface area contributed by atoms with Crippen LogP contribution >= 0.6 is 0 Å². The lowest BCUT2D eigenvalue weighted by atomic mass is 9.75. The lowest BCUT2D eigenvalue weighted by Crippen LogP contribution is -2.25. The largest absolute Gasteiger partial charge is 0.508 e. The molecule has 3 aromatic rings. The van der Waals surface area contributed by atoms with Crippen LogP contribution in [0.15, 0.2) is 60.7 Å². The van der Waals surface area contributed by atoms with Crippen LogP contribution in [0.4, 0.5) is 5.69 Å². The summed E-state index contributed by atoms with van der Waals surface area (Å²) in [6.07, 6.45) is 0. The first-order valence-corrected chi connectivity index (χ1v) is 8.91. The number of fused-ring (bicyclic) bond motifs is 1. The lowest BCUT2D eigenvalue weighted by molar-refractivity contribution is 0.247. The minimum absolute atomic E-state index is 0.155. The third-order valence-corrected chi connectivity index (χ3v) is 5.41. The maximum Gasteiger partial charge on any atom is 0.126 e. The average molecular weight is 345 g/mol. The van der Waals surface area contributed by atoms with Crippen LogP contribution in [0.5, 0.6) is 11.5 Å². The summed E-state index contributed by atoms with van der Waals surface area (Å²) in [6.45, 7) is 4.85. The standard InChI is InChI=1S/C23H23NO2/c1-14-3-4-17(11-15(14)2)21-13-26-22-12-19(25)9-10-20(22)23(21)16-5-7-18(24)8-6-16/h3-12,21,23,25H,13,24H2,1-2H3/t21-,23-/m0/s1. The van der Waals surface area contributed by atoms with Gasteiger partial charge in [-0.1, -0.05) is 36.4 Å². The van der Waals surface area contributed by atoms with Crippen molar-refractivity contribution in [1.82, 2.24) is 0 Å². The highest BCUT2D eigenvalue weighted by Gasteiger charge is 2.33. The fraction of sp³-hybridized carbons (Fsp3) is 0.217. The molecule has 3 aromatic carbocycles. The molecule has 26 heavy (non-hydrogen) atoms. The molecule has 1 aliphatic heterocycles. The van der Waals surface area contributed by atoms with E-state index in [1.807, 2.05) is 18.2 Å². The van der Waals surface area contributed by atoms with Gasteiger partial charge in [-0.3, -0.25) is 0 Å². The van der Waals surface area contributed by atoms with Gasteiger partial charge >= 0.3 is 0 Å². The van der Waals surface area contributed by atoms with Crippen LogP contribution < -0.4 is 10.5 Å². The van der Waals surface area contributed by atoms with Gasteiger partial charge in [0, 0.05) is 29.2 Å². The van der Waals surface area contributed by atoms with Crippen LogP contribution in [0.3, 0.4) is 0 Å². The summed E-state index contributed by atoms with van der Waals surface area (Å²) >= 11 is 0. The number of phenols is 1. The monoisotopic (exact) mass is 345 g/mol. The Bertz CT molecular complexity index is 947. The number of ether oxygens (including phenoxy) is 1. The van der Waals surface area contributed by atoms with Gasteiger partial charge < -0.3 is 15.6 Å². The highest BCUT2D eigenvalue weighted by Crippen LogP contribution is 2.47. The second-order valence-electron chi connectivity index (χ2n) is 7.13. The number of benzene rings is 3. The summed E-state index contributed by atoms with van der Waals surface area (Å²) in [5.74, 6) is 1.34. The molecule has 3 N–H and O–H groups in total. The molecule has 1 heterocycles. The predicted octanol–water partition coefficient (Wildman–Crippen LogP) is 4.90. The van der Waals surface area contributed by atoms with Crippen molar-refractivity contribution in [2.75, 3.05) is 12.3 Å². The van der Waals surface area contributed by atoms with Crippen LogP contribution in [0.25, 0.3) is 0 Å². The van der Waals surface area contributed by atoms with E-state index in [-0.39, 0.29) is 17.6 Å².